The Hall–Kier alpha value is -3.05. The number of carboxylic acid groups (broad SMARTS) is 2. The Labute approximate surface area is 182 Å². The number of carbonyl (C=O) groups is 4. The van der Waals surface area contributed by atoms with Crippen molar-refractivity contribution in [1.82, 2.24) is 15.6 Å². The molecule has 11 heteroatoms. The smallest absolute Gasteiger partial charge is 0.326 e. The van der Waals surface area contributed by atoms with Gasteiger partial charge >= 0.3 is 11.9 Å². The molecule has 0 fully saturated rings. The van der Waals surface area contributed by atoms with Gasteiger partial charge in [-0.1, -0.05) is 18.2 Å². The predicted molar refractivity (Wildman–Crippen MR) is 117 cm³/mol. The fourth-order valence-corrected chi connectivity index (χ4v) is 3.53. The van der Waals surface area contributed by atoms with E-state index < -0.39 is 48.3 Å². The molecule has 0 unspecified atom stereocenters. The summed E-state index contributed by atoms with van der Waals surface area (Å²) in [5.74, 6) is -3.66. The van der Waals surface area contributed by atoms with Crippen molar-refractivity contribution >= 4 is 46.4 Å². The number of nitrogens with two attached hydrogens (primary N) is 1. The highest BCUT2D eigenvalue weighted by Crippen LogP contribution is 2.18. The lowest BCUT2D eigenvalue weighted by Crippen LogP contribution is -2.55. The van der Waals surface area contributed by atoms with E-state index in [1.54, 1.807) is 12.5 Å². The van der Waals surface area contributed by atoms with Gasteiger partial charge in [0.1, 0.15) is 12.1 Å². The number of fused-ring (bicyclic) bond motifs is 1. The molecule has 168 valence electrons. The molecule has 0 aliphatic carbocycles. The Morgan fingerprint density at radius 3 is 2.42 bits per heavy atom. The molecule has 0 aliphatic heterocycles. The molecule has 2 amide bonds. The minimum Gasteiger partial charge on any atom is -0.481 e. The van der Waals surface area contributed by atoms with Gasteiger partial charge in [0.25, 0.3) is 0 Å². The second-order valence-corrected chi connectivity index (χ2v) is 8.00. The molecule has 0 saturated heterocycles. The predicted octanol–water partition coefficient (Wildman–Crippen LogP) is 0.320. The molecule has 3 atom stereocenters. The first-order valence-corrected chi connectivity index (χ1v) is 11.0. The molecule has 0 radical (unpaired) electrons. The maximum Gasteiger partial charge on any atom is 0.326 e. The normalized spacial score (nSPS) is 13.9. The first-order chi connectivity index (χ1) is 14.7. The summed E-state index contributed by atoms with van der Waals surface area (Å²) in [6.45, 7) is 0. The number of H-pyrrole nitrogens is 1. The van der Waals surface area contributed by atoms with Gasteiger partial charge in [-0.25, -0.2) is 4.79 Å². The fraction of sp³-hybridized carbons (Fsp3) is 0.400. The van der Waals surface area contributed by atoms with Crippen molar-refractivity contribution in [3.05, 3.63) is 36.0 Å². The van der Waals surface area contributed by atoms with E-state index >= 15 is 0 Å². The number of amides is 2. The molecule has 31 heavy (non-hydrogen) atoms. The molecule has 0 spiro atoms. The molecule has 7 N–H and O–H groups in total. The largest absolute Gasteiger partial charge is 0.481 e. The zero-order valence-corrected chi connectivity index (χ0v) is 17.8. The molecule has 10 nitrogen and oxygen atoms in total. The summed E-state index contributed by atoms with van der Waals surface area (Å²) >= 11 is 1.41. The van der Waals surface area contributed by atoms with Gasteiger partial charge in [0.2, 0.25) is 11.8 Å². The van der Waals surface area contributed by atoms with Crippen LogP contribution in [0.2, 0.25) is 0 Å². The number of carboxylic acids is 2. The lowest BCUT2D eigenvalue weighted by Gasteiger charge is -2.22. The zero-order chi connectivity index (χ0) is 23.0. The van der Waals surface area contributed by atoms with Crippen LogP contribution in [0.4, 0.5) is 0 Å². The summed E-state index contributed by atoms with van der Waals surface area (Å²) in [5, 5.41) is 23.9. The van der Waals surface area contributed by atoms with Gasteiger partial charge in [-0.3, -0.25) is 14.4 Å². The van der Waals surface area contributed by atoms with Crippen molar-refractivity contribution in [3.8, 4) is 0 Å². The van der Waals surface area contributed by atoms with Gasteiger partial charge < -0.3 is 31.6 Å². The Morgan fingerprint density at radius 2 is 1.77 bits per heavy atom. The molecular formula is C20H26N4O6S. The molecule has 0 aliphatic rings. The topological polar surface area (TPSA) is 175 Å². The standard InChI is InChI=1S/C20H26N4O6S/c1-31-7-6-15(20(29)30)23-19(28)16(9-17(25)26)24-18(27)13(21)8-11-10-22-14-5-3-2-4-12(11)14/h2-5,10,13,15-16,22H,6-9,21H2,1H3,(H,23,28)(H,24,27)(H,25,26)(H,29,30)/t13-,15-,16-/m0/s1. The number of hydrogen-bond donors (Lipinski definition) is 6. The summed E-state index contributed by atoms with van der Waals surface area (Å²) in [5.41, 5.74) is 7.69. The number of aliphatic carboxylic acids is 2. The third-order valence-corrected chi connectivity index (χ3v) is 5.33. The maximum absolute atomic E-state index is 12.6. The first kappa shape index (κ1) is 24.2. The Kier molecular flexibility index (Phi) is 8.88. The highest BCUT2D eigenvalue weighted by molar-refractivity contribution is 7.98. The van der Waals surface area contributed by atoms with Gasteiger partial charge in [-0.05, 0) is 36.5 Å². The summed E-state index contributed by atoms with van der Waals surface area (Å²) in [6.07, 6.45) is 3.16. The lowest BCUT2D eigenvalue weighted by atomic mass is 10.0. The van der Waals surface area contributed by atoms with Crippen LogP contribution in [-0.4, -0.2) is 69.1 Å². The molecular weight excluding hydrogens is 424 g/mol. The van der Waals surface area contributed by atoms with E-state index in [1.165, 1.54) is 11.8 Å². The maximum atomic E-state index is 12.6. The van der Waals surface area contributed by atoms with Crippen molar-refractivity contribution in [2.45, 2.75) is 37.4 Å². The van der Waals surface area contributed by atoms with E-state index in [0.717, 1.165) is 16.5 Å². The van der Waals surface area contributed by atoms with Gasteiger partial charge in [-0.15, -0.1) is 0 Å². The number of nitrogens with one attached hydrogen (secondary N) is 3. The number of aromatic nitrogens is 1. The van der Waals surface area contributed by atoms with Crippen molar-refractivity contribution in [2.75, 3.05) is 12.0 Å². The number of benzene rings is 1. The lowest BCUT2D eigenvalue weighted by molar-refractivity contribution is -0.143. The van der Waals surface area contributed by atoms with Crippen LogP contribution in [-0.2, 0) is 25.6 Å². The molecule has 0 bridgehead atoms. The van der Waals surface area contributed by atoms with Gasteiger partial charge in [0.15, 0.2) is 0 Å². The molecule has 1 heterocycles. The Balaban J connectivity index is 2.05. The van der Waals surface area contributed by atoms with Gasteiger partial charge in [-0.2, -0.15) is 11.8 Å². The molecule has 0 saturated carbocycles. The average molecular weight is 451 g/mol. The van der Waals surface area contributed by atoms with Crippen LogP contribution in [0.3, 0.4) is 0 Å². The van der Waals surface area contributed by atoms with Crippen molar-refractivity contribution < 1.29 is 29.4 Å². The fourth-order valence-electron chi connectivity index (χ4n) is 3.06. The third kappa shape index (κ3) is 7.00. The molecule has 1 aromatic heterocycles. The van der Waals surface area contributed by atoms with Crippen molar-refractivity contribution in [1.29, 1.82) is 0 Å². The van der Waals surface area contributed by atoms with E-state index in [4.69, 9.17) is 10.8 Å². The Bertz CT molecular complexity index is 947. The summed E-state index contributed by atoms with van der Waals surface area (Å²) in [4.78, 5) is 50.7. The highest BCUT2D eigenvalue weighted by Gasteiger charge is 2.29. The van der Waals surface area contributed by atoms with E-state index in [2.05, 4.69) is 15.6 Å². The van der Waals surface area contributed by atoms with Crippen LogP contribution in [0, 0.1) is 0 Å². The summed E-state index contributed by atoms with van der Waals surface area (Å²) in [7, 11) is 0. The minimum absolute atomic E-state index is 0.163. The van der Waals surface area contributed by atoms with E-state index in [9.17, 15) is 24.3 Å². The quantitative estimate of drug-likeness (QED) is 0.268. The highest BCUT2D eigenvalue weighted by atomic mass is 32.2. The summed E-state index contributed by atoms with van der Waals surface area (Å²) < 4.78 is 0. The number of rotatable bonds is 12. The Morgan fingerprint density at radius 1 is 1.10 bits per heavy atom. The molecule has 2 aromatic rings. The number of aromatic amines is 1. The van der Waals surface area contributed by atoms with Gasteiger partial charge in [0.05, 0.1) is 12.5 Å². The molecule has 1 aromatic carbocycles. The first-order valence-electron chi connectivity index (χ1n) is 9.57. The van der Waals surface area contributed by atoms with Crippen molar-refractivity contribution in [3.63, 3.8) is 0 Å². The monoisotopic (exact) mass is 450 g/mol. The number of thioether (sulfide) groups is 1. The number of carbonyl (C=O) groups excluding carboxylic acids is 2. The van der Waals surface area contributed by atoms with Crippen LogP contribution >= 0.6 is 11.8 Å². The van der Waals surface area contributed by atoms with E-state index in [1.807, 2.05) is 24.3 Å². The number of hydrogen-bond acceptors (Lipinski definition) is 6. The average Bonchev–Trinajstić information content (AvgIpc) is 3.12. The van der Waals surface area contributed by atoms with Crippen LogP contribution in [0.25, 0.3) is 10.9 Å². The zero-order valence-electron chi connectivity index (χ0n) is 17.0. The SMILES string of the molecule is CSCC[C@H](NC(=O)[C@H](CC(=O)O)NC(=O)[C@@H](N)Cc1c[nH]c2ccccc12)C(=O)O. The number of para-hydroxylation sites is 1. The van der Waals surface area contributed by atoms with Crippen LogP contribution < -0.4 is 16.4 Å². The minimum atomic E-state index is -1.45. The van der Waals surface area contributed by atoms with Gasteiger partial charge in [0, 0.05) is 17.1 Å². The van der Waals surface area contributed by atoms with Crippen LogP contribution in [0.5, 0.6) is 0 Å². The second kappa shape index (κ2) is 11.4. The molecule has 2 rings (SSSR count). The summed E-state index contributed by atoms with van der Waals surface area (Å²) in [6, 6.07) is 3.82. The second-order valence-electron chi connectivity index (χ2n) is 7.01. The third-order valence-electron chi connectivity index (χ3n) is 4.69. The van der Waals surface area contributed by atoms with Crippen molar-refractivity contribution in [2.24, 2.45) is 5.73 Å². The van der Waals surface area contributed by atoms with E-state index in [0.29, 0.717) is 5.75 Å². The van der Waals surface area contributed by atoms with Crippen LogP contribution in [0.1, 0.15) is 18.4 Å². The van der Waals surface area contributed by atoms with E-state index in [-0.39, 0.29) is 12.8 Å². The van der Waals surface area contributed by atoms with Crippen LogP contribution in [0.15, 0.2) is 30.5 Å².